The van der Waals surface area contributed by atoms with Crippen LogP contribution in [0.5, 0.6) is 5.75 Å². The van der Waals surface area contributed by atoms with E-state index in [-0.39, 0.29) is 30.3 Å². The van der Waals surface area contributed by atoms with Gasteiger partial charge in [-0.25, -0.2) is 19.2 Å². The van der Waals surface area contributed by atoms with Gasteiger partial charge >= 0.3 is 6.03 Å². The van der Waals surface area contributed by atoms with Gasteiger partial charge in [-0.1, -0.05) is 35.9 Å². The molecule has 0 spiro atoms. The Bertz CT molecular complexity index is 1670. The van der Waals surface area contributed by atoms with E-state index in [1.807, 2.05) is 41.9 Å². The predicted molar refractivity (Wildman–Crippen MR) is 156 cm³/mol. The average molecular weight is 589 g/mol. The number of carbonyl (C=O) groups excluding carboxylic acids is 2. The van der Waals surface area contributed by atoms with Gasteiger partial charge in [0.05, 0.1) is 22.5 Å². The van der Waals surface area contributed by atoms with E-state index in [4.69, 9.17) is 21.3 Å². The fourth-order valence-corrected chi connectivity index (χ4v) is 5.70. The number of amides is 3. The molecule has 9 nitrogen and oxygen atoms in total. The molecule has 1 fully saturated rings. The van der Waals surface area contributed by atoms with E-state index in [2.05, 4.69) is 35.1 Å². The second-order valence-corrected chi connectivity index (χ2v) is 11.4. The van der Waals surface area contributed by atoms with E-state index in [0.29, 0.717) is 46.8 Å². The number of nitrogens with zero attached hydrogens (tertiary/aromatic N) is 5. The van der Waals surface area contributed by atoms with Crippen LogP contribution in [0.1, 0.15) is 42.7 Å². The lowest BCUT2D eigenvalue weighted by atomic mass is 9.98. The van der Waals surface area contributed by atoms with E-state index >= 15 is 0 Å². The highest BCUT2D eigenvalue weighted by atomic mass is 35.5. The summed E-state index contributed by atoms with van der Waals surface area (Å²) >= 11 is 6.11. The van der Waals surface area contributed by atoms with E-state index in [1.165, 1.54) is 11.0 Å². The molecule has 1 N–H and O–H groups in total. The number of pyridine rings is 1. The molecule has 2 aliphatic rings. The third-order valence-electron chi connectivity index (χ3n) is 7.98. The Balaban J connectivity index is 1.15. The van der Waals surface area contributed by atoms with Crippen molar-refractivity contribution in [2.75, 3.05) is 11.4 Å². The first-order chi connectivity index (χ1) is 20.1. The van der Waals surface area contributed by atoms with E-state index in [9.17, 15) is 14.0 Å². The van der Waals surface area contributed by atoms with Gasteiger partial charge < -0.3 is 9.30 Å². The molecular formula is C31H30ClFN6O3. The highest BCUT2D eigenvalue weighted by Crippen LogP contribution is 2.40. The van der Waals surface area contributed by atoms with Gasteiger partial charge in [-0.2, -0.15) is 0 Å². The zero-order valence-corrected chi connectivity index (χ0v) is 24.3. The smallest absolute Gasteiger partial charge is 0.329 e. The molecule has 42 heavy (non-hydrogen) atoms. The molecule has 0 aliphatic carbocycles. The minimum Gasteiger partial charge on any atom is -0.489 e. The van der Waals surface area contributed by atoms with Crippen molar-refractivity contribution in [3.05, 3.63) is 94.0 Å². The molecule has 0 unspecified atom stereocenters. The number of carbonyl (C=O) groups is 2. The van der Waals surface area contributed by atoms with Crippen LogP contribution in [-0.4, -0.2) is 37.9 Å². The Morgan fingerprint density at radius 2 is 1.88 bits per heavy atom. The molecule has 4 heterocycles. The fraction of sp³-hybridized carbons (Fsp3) is 0.290. The van der Waals surface area contributed by atoms with Crippen LogP contribution in [0.3, 0.4) is 0 Å². The van der Waals surface area contributed by atoms with Crippen LogP contribution in [0.2, 0.25) is 5.02 Å². The number of imide groups is 1. The standard InChI is InChI=1S/C31H30ClFN6O3/c1-31(2)28-20(9-12-25(35-28)29-34-15-27(37(29)3)39-14-13-26(40)36-30(39)41)17-38(31)16-19-7-10-21(11-8-19)42-18-22-23(32)5-4-6-24(22)33/h4-12,15H,13-14,16-18H2,1-3H3,(H,36,40,41). The highest BCUT2D eigenvalue weighted by molar-refractivity contribution is 6.31. The van der Waals surface area contributed by atoms with Gasteiger partial charge in [-0.15, -0.1) is 0 Å². The van der Waals surface area contributed by atoms with Crippen molar-refractivity contribution in [2.45, 2.75) is 45.5 Å². The van der Waals surface area contributed by atoms with Gasteiger partial charge in [0, 0.05) is 38.7 Å². The number of halogens is 2. The van der Waals surface area contributed by atoms with E-state index in [0.717, 1.165) is 23.4 Å². The molecule has 0 bridgehead atoms. The summed E-state index contributed by atoms with van der Waals surface area (Å²) in [6.07, 6.45) is 1.88. The van der Waals surface area contributed by atoms with Crippen LogP contribution in [0.15, 0.2) is 60.8 Å². The van der Waals surface area contributed by atoms with Crippen LogP contribution in [0, 0.1) is 5.82 Å². The van der Waals surface area contributed by atoms with Crippen molar-refractivity contribution in [1.29, 1.82) is 0 Å². The molecular weight excluding hydrogens is 559 g/mol. The van der Waals surface area contributed by atoms with Crippen molar-refractivity contribution in [2.24, 2.45) is 7.05 Å². The summed E-state index contributed by atoms with van der Waals surface area (Å²) in [6.45, 7) is 6.11. The minimum absolute atomic E-state index is 0.0513. The maximum Gasteiger partial charge on any atom is 0.329 e. The number of fused-ring (bicyclic) bond motifs is 1. The number of urea groups is 1. The lowest BCUT2D eigenvalue weighted by Gasteiger charge is -2.31. The fourth-order valence-electron chi connectivity index (χ4n) is 5.49. The second-order valence-electron chi connectivity index (χ2n) is 11.0. The molecule has 0 saturated carbocycles. The number of benzene rings is 2. The number of nitrogens with one attached hydrogen (secondary N) is 1. The number of imidazole rings is 1. The first-order valence-electron chi connectivity index (χ1n) is 13.7. The van der Waals surface area contributed by atoms with Crippen LogP contribution in [-0.2, 0) is 37.1 Å². The average Bonchev–Trinajstić information content (AvgIpc) is 3.45. The Hall–Kier alpha value is -4.28. The van der Waals surface area contributed by atoms with Crippen LogP contribution >= 0.6 is 11.6 Å². The zero-order valence-electron chi connectivity index (χ0n) is 23.5. The van der Waals surface area contributed by atoms with Gasteiger partial charge in [0.2, 0.25) is 5.91 Å². The molecule has 1 saturated heterocycles. The van der Waals surface area contributed by atoms with Gasteiger partial charge in [-0.05, 0) is 55.3 Å². The van der Waals surface area contributed by atoms with Crippen LogP contribution in [0.4, 0.5) is 15.0 Å². The quantitative estimate of drug-likeness (QED) is 0.304. The number of hydrogen-bond donors (Lipinski definition) is 1. The Morgan fingerprint density at radius 3 is 2.62 bits per heavy atom. The Morgan fingerprint density at radius 1 is 1.10 bits per heavy atom. The van der Waals surface area contributed by atoms with Crippen LogP contribution in [0.25, 0.3) is 11.5 Å². The summed E-state index contributed by atoms with van der Waals surface area (Å²) in [4.78, 5) is 37.4. The molecule has 4 aromatic rings. The Kier molecular flexibility index (Phi) is 7.20. The minimum atomic E-state index is -0.450. The number of rotatable bonds is 7. The first-order valence-corrected chi connectivity index (χ1v) is 14.0. The van der Waals surface area contributed by atoms with Crippen molar-refractivity contribution < 1.29 is 18.7 Å². The van der Waals surface area contributed by atoms with Gasteiger partial charge in [0.25, 0.3) is 0 Å². The highest BCUT2D eigenvalue weighted by Gasteiger charge is 2.39. The summed E-state index contributed by atoms with van der Waals surface area (Å²) in [5.41, 5.74) is 3.94. The molecule has 2 aromatic heterocycles. The van der Waals surface area contributed by atoms with Crippen LogP contribution < -0.4 is 15.0 Å². The van der Waals surface area contributed by atoms with Gasteiger partial charge in [-0.3, -0.25) is 19.9 Å². The molecule has 3 amide bonds. The second kappa shape index (κ2) is 10.8. The summed E-state index contributed by atoms with van der Waals surface area (Å²) in [7, 11) is 1.84. The summed E-state index contributed by atoms with van der Waals surface area (Å²) in [5, 5.41) is 2.70. The maximum absolute atomic E-state index is 14.1. The van der Waals surface area contributed by atoms with E-state index < -0.39 is 6.03 Å². The normalized spacial score (nSPS) is 16.5. The van der Waals surface area contributed by atoms with E-state index in [1.54, 1.807) is 18.3 Å². The van der Waals surface area contributed by atoms with Crippen molar-refractivity contribution in [3.63, 3.8) is 0 Å². The molecule has 0 atom stereocenters. The van der Waals surface area contributed by atoms with Crippen molar-refractivity contribution in [3.8, 4) is 17.3 Å². The molecule has 0 radical (unpaired) electrons. The molecule has 2 aliphatic heterocycles. The molecule has 2 aromatic carbocycles. The molecule has 216 valence electrons. The van der Waals surface area contributed by atoms with Crippen molar-refractivity contribution in [1.82, 2.24) is 24.8 Å². The lowest BCUT2D eigenvalue weighted by molar-refractivity contribution is -0.120. The summed E-state index contributed by atoms with van der Waals surface area (Å²) < 4.78 is 21.7. The topological polar surface area (TPSA) is 92.6 Å². The number of aromatic nitrogens is 3. The monoisotopic (exact) mass is 588 g/mol. The molecule has 11 heteroatoms. The third kappa shape index (κ3) is 5.12. The Labute approximate surface area is 247 Å². The number of ether oxygens (including phenoxy) is 1. The summed E-state index contributed by atoms with van der Waals surface area (Å²) in [5.74, 6) is 1.21. The summed E-state index contributed by atoms with van der Waals surface area (Å²) in [6, 6.07) is 16.0. The largest absolute Gasteiger partial charge is 0.489 e. The van der Waals surface area contributed by atoms with Crippen molar-refractivity contribution >= 4 is 29.4 Å². The zero-order chi connectivity index (χ0) is 29.6. The number of hydrogen-bond acceptors (Lipinski definition) is 6. The lowest BCUT2D eigenvalue weighted by Crippen LogP contribution is -2.50. The SMILES string of the molecule is Cn1c(N2CCC(=O)NC2=O)cnc1-c1ccc2c(n1)C(C)(C)N(Cc1ccc(OCc3c(F)cccc3Cl)cc1)C2. The maximum atomic E-state index is 14.1. The first kappa shape index (κ1) is 27.9. The number of anilines is 1. The molecule has 6 rings (SSSR count). The third-order valence-corrected chi connectivity index (χ3v) is 8.33. The van der Waals surface area contributed by atoms with Gasteiger partial charge in [0.1, 0.15) is 29.7 Å². The predicted octanol–water partition coefficient (Wildman–Crippen LogP) is 5.55. The van der Waals surface area contributed by atoms with Gasteiger partial charge in [0.15, 0.2) is 5.82 Å².